The Labute approximate surface area is 261 Å². The fourth-order valence-corrected chi connectivity index (χ4v) is 6.31. The molecule has 1 aliphatic heterocycles. The fraction of sp³-hybridized carbons (Fsp3) is 0.162. The molecule has 7 heteroatoms. The Morgan fingerprint density at radius 3 is 2.14 bits per heavy atom. The Kier molecular flexibility index (Phi) is 8.96. The van der Waals surface area contributed by atoms with E-state index in [2.05, 4.69) is 58.2 Å². The lowest BCUT2D eigenvalue weighted by Gasteiger charge is -2.38. The minimum atomic E-state index is -0.272. The van der Waals surface area contributed by atoms with Crippen molar-refractivity contribution in [3.63, 3.8) is 0 Å². The van der Waals surface area contributed by atoms with E-state index >= 15 is 0 Å². The Morgan fingerprint density at radius 1 is 0.841 bits per heavy atom. The van der Waals surface area contributed by atoms with E-state index in [-0.39, 0.29) is 17.8 Å². The number of amides is 1. The molecule has 44 heavy (non-hydrogen) atoms. The summed E-state index contributed by atoms with van der Waals surface area (Å²) < 4.78 is 27.4. The number of nitrogens with one attached hydrogen (secondary N) is 1. The molecule has 5 aromatic carbocycles. The molecular weight excluding hydrogens is 571 g/mol. The Bertz CT molecular complexity index is 1730. The van der Waals surface area contributed by atoms with Gasteiger partial charge in [0, 0.05) is 23.5 Å². The van der Waals surface area contributed by atoms with Crippen LogP contribution < -0.4 is 14.2 Å². The summed E-state index contributed by atoms with van der Waals surface area (Å²) in [6.45, 7) is 1.69. The summed E-state index contributed by atoms with van der Waals surface area (Å²) >= 11 is 1.30. The lowest BCUT2D eigenvalue weighted by Crippen LogP contribution is -2.35. The Hall–Kier alpha value is -4.59. The molecule has 0 saturated carbocycles. The van der Waals surface area contributed by atoms with Gasteiger partial charge in [-0.15, -0.1) is 0 Å². The van der Waals surface area contributed by atoms with Crippen LogP contribution in [0.15, 0.2) is 120 Å². The van der Waals surface area contributed by atoms with Crippen molar-refractivity contribution >= 4 is 17.9 Å². The molecule has 0 bridgehead atoms. The van der Waals surface area contributed by atoms with Crippen LogP contribution in [0.3, 0.4) is 0 Å². The number of carbonyl (C=O) groups is 1. The van der Waals surface area contributed by atoms with Crippen LogP contribution in [0.25, 0.3) is 11.1 Å². The van der Waals surface area contributed by atoms with Crippen LogP contribution in [0, 0.1) is 5.82 Å². The highest BCUT2D eigenvalue weighted by molar-refractivity contribution is 7.98. The number of hydrogen-bond donors (Lipinski definition) is 1. The van der Waals surface area contributed by atoms with Crippen LogP contribution in [0.2, 0.25) is 0 Å². The molecule has 0 spiro atoms. The average molecular weight is 605 g/mol. The zero-order chi connectivity index (χ0) is 30.5. The Morgan fingerprint density at radius 2 is 1.48 bits per heavy atom. The highest BCUT2D eigenvalue weighted by atomic mass is 32.2. The van der Waals surface area contributed by atoms with Crippen LogP contribution >= 0.6 is 11.9 Å². The van der Waals surface area contributed by atoms with Crippen molar-refractivity contribution in [2.24, 2.45) is 0 Å². The summed E-state index contributed by atoms with van der Waals surface area (Å²) in [6.07, 6.45) is 0.921. The van der Waals surface area contributed by atoms with Crippen molar-refractivity contribution in [3.8, 4) is 22.6 Å². The predicted octanol–water partition coefficient (Wildman–Crippen LogP) is 8.09. The summed E-state index contributed by atoms with van der Waals surface area (Å²) in [5.41, 5.74) is 7.34. The topological polar surface area (TPSA) is 50.8 Å². The van der Waals surface area contributed by atoms with E-state index < -0.39 is 0 Å². The predicted molar refractivity (Wildman–Crippen MR) is 174 cm³/mol. The van der Waals surface area contributed by atoms with Gasteiger partial charge in [-0.05, 0) is 100 Å². The lowest BCUT2D eigenvalue weighted by atomic mass is 9.87. The highest BCUT2D eigenvalue weighted by Gasteiger charge is 2.30. The van der Waals surface area contributed by atoms with Gasteiger partial charge in [-0.2, -0.15) is 0 Å². The van der Waals surface area contributed by atoms with Crippen molar-refractivity contribution in [1.29, 1.82) is 0 Å². The van der Waals surface area contributed by atoms with Gasteiger partial charge in [-0.1, -0.05) is 66.7 Å². The zero-order valence-corrected chi connectivity index (χ0v) is 25.4. The molecule has 5 aromatic rings. The van der Waals surface area contributed by atoms with Gasteiger partial charge >= 0.3 is 0 Å². The number of hydrogen-bond acceptors (Lipinski definition) is 5. The maximum absolute atomic E-state index is 13.2. The number of nitrogens with zero attached hydrogens (tertiary/aromatic N) is 1. The van der Waals surface area contributed by atoms with Gasteiger partial charge in [-0.3, -0.25) is 14.4 Å². The molecule has 1 N–H and O–H groups in total. The second-order valence-corrected chi connectivity index (χ2v) is 11.6. The summed E-state index contributed by atoms with van der Waals surface area (Å²) in [7, 11) is 3.35. The number of halogens is 1. The molecule has 1 amide bonds. The van der Waals surface area contributed by atoms with Crippen molar-refractivity contribution in [2.45, 2.75) is 23.9 Å². The molecule has 0 aliphatic carbocycles. The second kappa shape index (κ2) is 13.4. The minimum Gasteiger partial charge on any atom is -0.493 e. The second-order valence-electron chi connectivity index (χ2n) is 10.7. The van der Waals surface area contributed by atoms with E-state index in [0.29, 0.717) is 5.56 Å². The minimum absolute atomic E-state index is 0.0857. The summed E-state index contributed by atoms with van der Waals surface area (Å²) in [6, 6.07) is 36.9. The molecule has 222 valence electrons. The highest BCUT2D eigenvalue weighted by Crippen LogP contribution is 2.41. The molecule has 0 fully saturated rings. The molecule has 0 aromatic heterocycles. The maximum atomic E-state index is 13.2. The first-order chi connectivity index (χ1) is 21.5. The third-order valence-electron chi connectivity index (χ3n) is 7.98. The number of fused-ring (bicyclic) bond motifs is 1. The molecule has 1 unspecified atom stereocenters. The molecule has 6 rings (SSSR count). The van der Waals surface area contributed by atoms with E-state index in [0.717, 1.165) is 47.0 Å². The smallest absolute Gasteiger partial charge is 0.261 e. The van der Waals surface area contributed by atoms with E-state index in [4.69, 9.17) is 9.47 Å². The quantitative estimate of drug-likeness (QED) is 0.172. The van der Waals surface area contributed by atoms with Crippen LogP contribution in [0.1, 0.15) is 38.7 Å². The summed E-state index contributed by atoms with van der Waals surface area (Å²) in [4.78, 5) is 16.2. The number of benzene rings is 5. The lowest BCUT2D eigenvalue weighted by molar-refractivity contribution is 0.0984. The van der Waals surface area contributed by atoms with Gasteiger partial charge < -0.3 is 9.47 Å². The normalized spacial score (nSPS) is 14.5. The van der Waals surface area contributed by atoms with Crippen molar-refractivity contribution < 1.29 is 18.7 Å². The van der Waals surface area contributed by atoms with Gasteiger partial charge in [0.1, 0.15) is 5.82 Å². The Balaban J connectivity index is 1.12. The van der Waals surface area contributed by atoms with Gasteiger partial charge in [-0.25, -0.2) is 4.39 Å². The maximum Gasteiger partial charge on any atom is 0.261 e. The van der Waals surface area contributed by atoms with E-state index in [1.165, 1.54) is 46.3 Å². The van der Waals surface area contributed by atoms with E-state index in [1.54, 1.807) is 38.5 Å². The molecule has 5 nitrogen and oxygen atoms in total. The summed E-state index contributed by atoms with van der Waals surface area (Å²) in [5, 5.41) is 0. The monoisotopic (exact) mass is 604 g/mol. The molecule has 1 aliphatic rings. The first-order valence-electron chi connectivity index (χ1n) is 14.5. The van der Waals surface area contributed by atoms with Crippen molar-refractivity contribution in [2.75, 3.05) is 20.8 Å². The number of methoxy groups -OCH3 is 2. The third kappa shape index (κ3) is 6.49. The van der Waals surface area contributed by atoms with Crippen molar-refractivity contribution in [1.82, 2.24) is 9.62 Å². The molecule has 0 radical (unpaired) electrons. The van der Waals surface area contributed by atoms with Gasteiger partial charge in [0.2, 0.25) is 0 Å². The average Bonchev–Trinajstić information content (AvgIpc) is 3.08. The standard InChI is InChI=1S/C37H33FN2O3S/c1-42-34-22-30-20-21-40(36(28-6-4-3-5-7-28)33(30)23-35(34)43-2)24-25-8-18-32(19-9-25)44-39-37(41)29-12-10-26(11-13-29)27-14-16-31(38)17-15-27/h3-19,22-23,36H,20-21,24H2,1-2H3,(H,39,41). The number of ether oxygens (including phenoxy) is 2. The molecule has 1 heterocycles. The molecule has 0 saturated heterocycles. The number of rotatable bonds is 9. The van der Waals surface area contributed by atoms with Crippen molar-refractivity contribution in [3.05, 3.63) is 149 Å². The summed E-state index contributed by atoms with van der Waals surface area (Å²) in [5.74, 6) is 1.05. The van der Waals surface area contributed by atoms with Gasteiger partial charge in [0.25, 0.3) is 5.91 Å². The first-order valence-corrected chi connectivity index (χ1v) is 15.3. The van der Waals surface area contributed by atoms with E-state index in [9.17, 15) is 9.18 Å². The first kappa shape index (κ1) is 29.5. The fourth-order valence-electron chi connectivity index (χ4n) is 5.71. The van der Waals surface area contributed by atoms with Crippen LogP contribution in [-0.4, -0.2) is 31.6 Å². The SMILES string of the molecule is COc1cc2c(cc1OC)C(c1ccccc1)N(Cc1ccc(SNC(=O)c3ccc(-c4ccc(F)cc4)cc3)cc1)CC2. The zero-order valence-electron chi connectivity index (χ0n) is 24.6. The third-order valence-corrected chi connectivity index (χ3v) is 8.78. The van der Waals surface area contributed by atoms with Crippen LogP contribution in [0.5, 0.6) is 11.5 Å². The van der Waals surface area contributed by atoms with Crippen LogP contribution in [0.4, 0.5) is 4.39 Å². The van der Waals surface area contributed by atoms with Crippen LogP contribution in [-0.2, 0) is 13.0 Å². The molecular formula is C37H33FN2O3S. The van der Waals surface area contributed by atoms with E-state index in [1.807, 2.05) is 30.3 Å². The van der Waals surface area contributed by atoms with Gasteiger partial charge in [0.15, 0.2) is 11.5 Å². The number of carbonyl (C=O) groups excluding carboxylic acids is 1. The largest absolute Gasteiger partial charge is 0.493 e. The molecule has 1 atom stereocenters. The van der Waals surface area contributed by atoms with Gasteiger partial charge in [0.05, 0.1) is 20.3 Å².